The van der Waals surface area contributed by atoms with Gasteiger partial charge in [0.15, 0.2) is 5.03 Å². The molecule has 27 heavy (non-hydrogen) atoms. The SMILES string of the molecule is CC1CCCCN1CCNC(=O)CSc1nccnc1Oc1ccccc1. The van der Waals surface area contributed by atoms with Crippen molar-refractivity contribution < 1.29 is 9.53 Å². The van der Waals surface area contributed by atoms with Gasteiger partial charge in [-0.05, 0) is 38.4 Å². The molecule has 2 heterocycles. The van der Waals surface area contributed by atoms with Crippen LogP contribution in [0.3, 0.4) is 0 Å². The van der Waals surface area contributed by atoms with E-state index in [1.807, 2.05) is 30.3 Å². The van der Waals surface area contributed by atoms with Gasteiger partial charge in [0.05, 0.1) is 5.75 Å². The number of carbonyl (C=O) groups excluding carboxylic acids is 1. The van der Waals surface area contributed by atoms with Gasteiger partial charge in [-0.2, -0.15) is 0 Å². The molecule has 2 aromatic rings. The summed E-state index contributed by atoms with van der Waals surface area (Å²) in [6.45, 7) is 4.98. The number of thioether (sulfide) groups is 1. The molecule has 0 radical (unpaired) electrons. The number of piperidine rings is 1. The Labute approximate surface area is 164 Å². The molecular formula is C20H26N4O2S. The number of nitrogens with zero attached hydrogens (tertiary/aromatic N) is 3. The van der Waals surface area contributed by atoms with Crippen LogP contribution < -0.4 is 10.1 Å². The second-order valence-corrected chi connectivity index (χ2v) is 7.57. The normalized spacial score (nSPS) is 17.4. The van der Waals surface area contributed by atoms with Crippen molar-refractivity contribution in [1.82, 2.24) is 20.2 Å². The van der Waals surface area contributed by atoms with E-state index in [0.717, 1.165) is 13.1 Å². The third-order valence-electron chi connectivity index (χ3n) is 4.59. The Balaban J connectivity index is 1.44. The Morgan fingerprint density at radius 1 is 1.26 bits per heavy atom. The Morgan fingerprint density at radius 3 is 2.89 bits per heavy atom. The average molecular weight is 387 g/mol. The number of amides is 1. The third-order valence-corrected chi connectivity index (χ3v) is 5.55. The van der Waals surface area contributed by atoms with Crippen molar-refractivity contribution in [3.63, 3.8) is 0 Å². The number of hydrogen-bond acceptors (Lipinski definition) is 6. The lowest BCUT2D eigenvalue weighted by Crippen LogP contribution is -2.42. The highest BCUT2D eigenvalue weighted by Gasteiger charge is 2.17. The Bertz CT molecular complexity index is 729. The minimum absolute atomic E-state index is 0.000904. The molecule has 1 atom stereocenters. The summed E-state index contributed by atoms with van der Waals surface area (Å²) in [6, 6.07) is 10.1. The smallest absolute Gasteiger partial charge is 0.252 e. The van der Waals surface area contributed by atoms with Crippen LogP contribution in [-0.2, 0) is 4.79 Å². The molecule has 1 aromatic carbocycles. The van der Waals surface area contributed by atoms with Crippen LogP contribution in [0, 0.1) is 0 Å². The summed E-state index contributed by atoms with van der Waals surface area (Å²) in [5.74, 6) is 1.41. The first-order chi connectivity index (χ1) is 13.2. The van der Waals surface area contributed by atoms with Gasteiger partial charge in [-0.3, -0.25) is 9.69 Å². The molecule has 1 unspecified atom stereocenters. The predicted molar refractivity (Wildman–Crippen MR) is 107 cm³/mol. The molecule has 1 saturated heterocycles. The summed E-state index contributed by atoms with van der Waals surface area (Å²) in [7, 11) is 0. The lowest BCUT2D eigenvalue weighted by atomic mass is 10.0. The number of benzene rings is 1. The summed E-state index contributed by atoms with van der Waals surface area (Å²) in [5.41, 5.74) is 0. The highest BCUT2D eigenvalue weighted by Crippen LogP contribution is 2.28. The van der Waals surface area contributed by atoms with Gasteiger partial charge in [0.1, 0.15) is 5.75 Å². The fourth-order valence-electron chi connectivity index (χ4n) is 3.10. The van der Waals surface area contributed by atoms with Crippen LogP contribution in [-0.4, -0.2) is 52.2 Å². The molecular weight excluding hydrogens is 360 g/mol. The molecule has 0 spiro atoms. The first-order valence-corrected chi connectivity index (χ1v) is 10.4. The van der Waals surface area contributed by atoms with Gasteiger partial charge in [0.2, 0.25) is 5.91 Å². The summed E-state index contributed by atoms with van der Waals surface area (Å²) >= 11 is 1.34. The van der Waals surface area contributed by atoms with Crippen LogP contribution in [0.2, 0.25) is 0 Å². The fourth-order valence-corrected chi connectivity index (χ4v) is 3.82. The van der Waals surface area contributed by atoms with Gasteiger partial charge in [-0.15, -0.1) is 0 Å². The van der Waals surface area contributed by atoms with E-state index in [9.17, 15) is 4.79 Å². The van der Waals surface area contributed by atoms with E-state index in [4.69, 9.17) is 4.74 Å². The number of ether oxygens (including phenoxy) is 1. The maximum absolute atomic E-state index is 12.2. The van der Waals surface area contributed by atoms with Crippen molar-refractivity contribution in [1.29, 1.82) is 0 Å². The Morgan fingerprint density at radius 2 is 2.07 bits per heavy atom. The largest absolute Gasteiger partial charge is 0.437 e. The average Bonchev–Trinajstić information content (AvgIpc) is 2.70. The standard InChI is InChI=1S/C20H26N4O2S/c1-16-7-5-6-13-24(16)14-12-21-18(25)15-27-20-19(22-10-11-23-20)26-17-8-3-2-4-9-17/h2-4,8-11,16H,5-7,12-15H2,1H3,(H,21,25). The Hall–Kier alpha value is -2.12. The molecule has 1 amide bonds. The molecule has 1 aliphatic heterocycles. The molecule has 7 heteroatoms. The maximum Gasteiger partial charge on any atom is 0.252 e. The zero-order valence-corrected chi connectivity index (χ0v) is 16.5. The summed E-state index contributed by atoms with van der Waals surface area (Å²) in [4.78, 5) is 23.2. The number of carbonyl (C=O) groups is 1. The summed E-state index contributed by atoms with van der Waals surface area (Å²) in [5, 5.41) is 3.61. The van der Waals surface area contributed by atoms with Crippen molar-refractivity contribution >= 4 is 17.7 Å². The Kier molecular flexibility index (Phi) is 7.47. The lowest BCUT2D eigenvalue weighted by Gasteiger charge is -2.33. The van der Waals surface area contributed by atoms with E-state index in [-0.39, 0.29) is 5.91 Å². The zero-order chi connectivity index (χ0) is 18.9. The van der Waals surface area contributed by atoms with Gasteiger partial charge >= 0.3 is 0 Å². The summed E-state index contributed by atoms with van der Waals surface area (Å²) < 4.78 is 5.78. The highest BCUT2D eigenvalue weighted by atomic mass is 32.2. The van der Waals surface area contributed by atoms with Crippen LogP contribution in [0.1, 0.15) is 26.2 Å². The highest BCUT2D eigenvalue weighted by molar-refractivity contribution is 8.00. The number of aromatic nitrogens is 2. The molecule has 1 fully saturated rings. The number of likely N-dealkylation sites (tertiary alicyclic amines) is 1. The van der Waals surface area contributed by atoms with Crippen LogP contribution in [0.5, 0.6) is 11.6 Å². The zero-order valence-electron chi connectivity index (χ0n) is 15.6. The molecule has 144 valence electrons. The summed E-state index contributed by atoms with van der Waals surface area (Å²) in [6.07, 6.45) is 7.01. The topological polar surface area (TPSA) is 67.4 Å². The molecule has 1 aliphatic rings. The molecule has 6 nitrogen and oxygen atoms in total. The van der Waals surface area contributed by atoms with Crippen molar-refractivity contribution in [3.8, 4) is 11.6 Å². The van der Waals surface area contributed by atoms with Crippen molar-refractivity contribution in [3.05, 3.63) is 42.7 Å². The second-order valence-electron chi connectivity index (χ2n) is 6.60. The molecule has 0 bridgehead atoms. The predicted octanol–water partition coefficient (Wildman–Crippen LogP) is 3.35. The van der Waals surface area contributed by atoms with E-state index in [0.29, 0.717) is 35.0 Å². The van der Waals surface area contributed by atoms with E-state index < -0.39 is 0 Å². The van der Waals surface area contributed by atoms with Gasteiger partial charge < -0.3 is 10.1 Å². The van der Waals surface area contributed by atoms with Crippen LogP contribution in [0.4, 0.5) is 0 Å². The van der Waals surface area contributed by atoms with Crippen molar-refractivity contribution in [2.24, 2.45) is 0 Å². The van der Waals surface area contributed by atoms with Gasteiger partial charge in [0, 0.05) is 31.5 Å². The number of rotatable bonds is 8. The minimum Gasteiger partial charge on any atom is -0.437 e. The van der Waals surface area contributed by atoms with E-state index in [2.05, 4.69) is 27.1 Å². The van der Waals surface area contributed by atoms with Crippen LogP contribution >= 0.6 is 11.8 Å². The maximum atomic E-state index is 12.2. The molecule has 0 aliphatic carbocycles. The van der Waals surface area contributed by atoms with Crippen molar-refractivity contribution in [2.45, 2.75) is 37.3 Å². The quantitative estimate of drug-likeness (QED) is 0.702. The first kappa shape index (κ1) is 19.6. The van der Waals surface area contributed by atoms with Crippen LogP contribution in [0.15, 0.2) is 47.8 Å². The van der Waals surface area contributed by atoms with E-state index >= 15 is 0 Å². The van der Waals surface area contributed by atoms with Crippen molar-refractivity contribution in [2.75, 3.05) is 25.4 Å². The minimum atomic E-state index is 0.000904. The van der Waals surface area contributed by atoms with Gasteiger partial charge in [-0.25, -0.2) is 9.97 Å². The first-order valence-electron chi connectivity index (χ1n) is 9.40. The number of para-hydroxylation sites is 1. The monoisotopic (exact) mass is 386 g/mol. The molecule has 3 rings (SSSR count). The van der Waals surface area contributed by atoms with Gasteiger partial charge in [0.25, 0.3) is 5.88 Å². The fraction of sp³-hybridized carbons (Fsp3) is 0.450. The number of nitrogens with one attached hydrogen (secondary N) is 1. The lowest BCUT2D eigenvalue weighted by molar-refractivity contribution is -0.118. The van der Waals surface area contributed by atoms with Crippen LogP contribution in [0.25, 0.3) is 0 Å². The molecule has 1 aromatic heterocycles. The third kappa shape index (κ3) is 6.22. The van der Waals surface area contributed by atoms with E-state index in [1.165, 1.54) is 31.0 Å². The molecule has 1 N–H and O–H groups in total. The van der Waals surface area contributed by atoms with E-state index in [1.54, 1.807) is 12.4 Å². The second kappa shape index (κ2) is 10.3. The van der Waals surface area contributed by atoms with Gasteiger partial charge in [-0.1, -0.05) is 36.4 Å². The number of hydrogen-bond donors (Lipinski definition) is 1. The molecule has 0 saturated carbocycles.